The van der Waals surface area contributed by atoms with E-state index in [9.17, 15) is 4.39 Å². The zero-order valence-electron chi connectivity index (χ0n) is 8.71. The summed E-state index contributed by atoms with van der Waals surface area (Å²) < 4.78 is 18.4. The topological polar surface area (TPSA) is 21.3 Å². The van der Waals surface area contributed by atoms with Gasteiger partial charge >= 0.3 is 0 Å². The Labute approximate surface area is 89.4 Å². The van der Waals surface area contributed by atoms with Gasteiger partial charge in [0.25, 0.3) is 0 Å². The molecular weight excluding hydrogens is 193 g/mol. The first-order chi connectivity index (χ1) is 7.34. The summed E-state index contributed by atoms with van der Waals surface area (Å²) in [6.45, 7) is 2.79. The Balaban J connectivity index is 1.81. The second kappa shape index (κ2) is 5.12. The van der Waals surface area contributed by atoms with Gasteiger partial charge in [0.05, 0.1) is 6.61 Å². The van der Waals surface area contributed by atoms with Gasteiger partial charge in [-0.25, -0.2) is 4.39 Å². The van der Waals surface area contributed by atoms with Crippen LogP contribution in [0.1, 0.15) is 12.8 Å². The molecule has 1 fully saturated rings. The van der Waals surface area contributed by atoms with Crippen LogP contribution in [0.3, 0.4) is 0 Å². The van der Waals surface area contributed by atoms with Crippen molar-refractivity contribution in [3.63, 3.8) is 0 Å². The highest BCUT2D eigenvalue weighted by Crippen LogP contribution is 2.15. The Bertz CT molecular complexity index is 310. The second-order valence-electron chi connectivity index (χ2n) is 3.98. The summed E-state index contributed by atoms with van der Waals surface area (Å²) >= 11 is 0. The first-order valence-electron chi connectivity index (χ1n) is 5.44. The molecular formula is C12H16FNO. The lowest BCUT2D eigenvalue weighted by Crippen LogP contribution is -2.33. The first kappa shape index (κ1) is 10.4. The van der Waals surface area contributed by atoms with Crippen LogP contribution in [0, 0.1) is 11.7 Å². The van der Waals surface area contributed by atoms with Crippen molar-refractivity contribution < 1.29 is 9.13 Å². The minimum Gasteiger partial charge on any atom is -0.493 e. The normalized spacial score (nSPS) is 21.3. The predicted octanol–water partition coefficient (Wildman–Crippen LogP) is 2.20. The van der Waals surface area contributed by atoms with E-state index in [4.69, 9.17) is 4.74 Å². The van der Waals surface area contributed by atoms with Crippen LogP contribution in [0.15, 0.2) is 24.3 Å². The quantitative estimate of drug-likeness (QED) is 0.824. The molecule has 1 heterocycles. The van der Waals surface area contributed by atoms with Crippen molar-refractivity contribution in [2.75, 3.05) is 19.7 Å². The summed E-state index contributed by atoms with van der Waals surface area (Å²) in [4.78, 5) is 0. The maximum Gasteiger partial charge on any atom is 0.126 e. The van der Waals surface area contributed by atoms with Gasteiger partial charge in [-0.15, -0.1) is 0 Å². The molecule has 1 aromatic carbocycles. The largest absolute Gasteiger partial charge is 0.493 e. The number of ether oxygens (including phenoxy) is 1. The molecule has 1 aliphatic rings. The second-order valence-corrected chi connectivity index (χ2v) is 3.98. The van der Waals surface area contributed by atoms with E-state index in [1.807, 2.05) is 0 Å². The highest BCUT2D eigenvalue weighted by molar-refractivity contribution is 5.22. The standard InChI is InChI=1S/C12H16FNO/c13-11-4-1-5-12(7-11)15-9-10-3-2-6-14-8-10/h1,4-5,7,10,14H,2-3,6,8-9H2. The molecule has 0 radical (unpaired) electrons. The van der Waals surface area contributed by atoms with Crippen molar-refractivity contribution in [3.05, 3.63) is 30.1 Å². The van der Waals surface area contributed by atoms with Crippen LogP contribution in [0.25, 0.3) is 0 Å². The van der Waals surface area contributed by atoms with Crippen molar-refractivity contribution in [2.24, 2.45) is 5.92 Å². The fraction of sp³-hybridized carbons (Fsp3) is 0.500. The predicted molar refractivity (Wildman–Crippen MR) is 57.5 cm³/mol. The minimum absolute atomic E-state index is 0.241. The maximum absolute atomic E-state index is 12.8. The number of hydrogen-bond acceptors (Lipinski definition) is 2. The molecule has 3 heteroatoms. The third-order valence-corrected chi connectivity index (χ3v) is 2.68. The summed E-state index contributed by atoms with van der Waals surface area (Å²) in [5.74, 6) is 0.942. The molecule has 82 valence electrons. The van der Waals surface area contributed by atoms with Crippen molar-refractivity contribution in [1.82, 2.24) is 5.32 Å². The molecule has 1 unspecified atom stereocenters. The van der Waals surface area contributed by atoms with Crippen LogP contribution >= 0.6 is 0 Å². The Morgan fingerprint density at radius 3 is 3.13 bits per heavy atom. The molecule has 1 N–H and O–H groups in total. The fourth-order valence-corrected chi connectivity index (χ4v) is 1.84. The lowest BCUT2D eigenvalue weighted by atomic mass is 10.0. The van der Waals surface area contributed by atoms with Gasteiger partial charge in [-0.2, -0.15) is 0 Å². The number of halogens is 1. The Kier molecular flexibility index (Phi) is 3.56. The van der Waals surface area contributed by atoms with E-state index in [0.717, 1.165) is 13.1 Å². The molecule has 1 aliphatic heterocycles. The van der Waals surface area contributed by atoms with Crippen molar-refractivity contribution in [1.29, 1.82) is 0 Å². The SMILES string of the molecule is Fc1cccc(OCC2CCCNC2)c1. The summed E-state index contributed by atoms with van der Waals surface area (Å²) in [7, 11) is 0. The van der Waals surface area contributed by atoms with Crippen LogP contribution in [-0.4, -0.2) is 19.7 Å². The minimum atomic E-state index is -0.241. The number of benzene rings is 1. The van der Waals surface area contributed by atoms with Gasteiger partial charge in [0, 0.05) is 18.5 Å². The van der Waals surface area contributed by atoms with E-state index in [1.165, 1.54) is 25.0 Å². The van der Waals surface area contributed by atoms with Gasteiger partial charge in [0.15, 0.2) is 0 Å². The Hall–Kier alpha value is -1.09. The van der Waals surface area contributed by atoms with Gasteiger partial charge in [0.2, 0.25) is 0 Å². The average molecular weight is 209 g/mol. The summed E-state index contributed by atoms with van der Waals surface area (Å²) in [5, 5.41) is 3.33. The van der Waals surface area contributed by atoms with E-state index >= 15 is 0 Å². The average Bonchev–Trinajstić information content (AvgIpc) is 2.28. The summed E-state index contributed by atoms with van der Waals surface area (Å²) in [6, 6.07) is 6.31. The van der Waals surface area contributed by atoms with E-state index in [-0.39, 0.29) is 5.82 Å². The van der Waals surface area contributed by atoms with Gasteiger partial charge < -0.3 is 10.1 Å². The van der Waals surface area contributed by atoms with Gasteiger partial charge in [-0.3, -0.25) is 0 Å². The fourth-order valence-electron chi connectivity index (χ4n) is 1.84. The van der Waals surface area contributed by atoms with E-state index in [2.05, 4.69) is 5.32 Å². The summed E-state index contributed by atoms with van der Waals surface area (Å²) in [5.41, 5.74) is 0. The van der Waals surface area contributed by atoms with E-state index in [1.54, 1.807) is 12.1 Å². The molecule has 0 saturated carbocycles. The highest BCUT2D eigenvalue weighted by atomic mass is 19.1. The van der Waals surface area contributed by atoms with Crippen molar-refractivity contribution in [2.45, 2.75) is 12.8 Å². The van der Waals surface area contributed by atoms with Crippen LogP contribution in [0.2, 0.25) is 0 Å². The van der Waals surface area contributed by atoms with E-state index < -0.39 is 0 Å². The molecule has 0 aliphatic carbocycles. The smallest absolute Gasteiger partial charge is 0.126 e. The van der Waals surface area contributed by atoms with Crippen LogP contribution in [0.5, 0.6) is 5.75 Å². The van der Waals surface area contributed by atoms with Crippen LogP contribution < -0.4 is 10.1 Å². The molecule has 0 aromatic heterocycles. The van der Waals surface area contributed by atoms with Crippen LogP contribution in [-0.2, 0) is 0 Å². The van der Waals surface area contributed by atoms with Gasteiger partial charge in [0.1, 0.15) is 11.6 Å². The lowest BCUT2D eigenvalue weighted by molar-refractivity contribution is 0.218. The first-order valence-corrected chi connectivity index (χ1v) is 5.44. The Morgan fingerprint density at radius 1 is 1.47 bits per heavy atom. The highest BCUT2D eigenvalue weighted by Gasteiger charge is 2.13. The number of piperidine rings is 1. The molecule has 0 amide bonds. The number of hydrogen-bond donors (Lipinski definition) is 1. The monoisotopic (exact) mass is 209 g/mol. The molecule has 0 bridgehead atoms. The number of nitrogens with one attached hydrogen (secondary N) is 1. The van der Waals surface area contributed by atoms with E-state index in [0.29, 0.717) is 18.3 Å². The molecule has 1 saturated heterocycles. The molecule has 1 atom stereocenters. The third kappa shape index (κ3) is 3.20. The molecule has 15 heavy (non-hydrogen) atoms. The third-order valence-electron chi connectivity index (χ3n) is 2.68. The van der Waals surface area contributed by atoms with Gasteiger partial charge in [-0.1, -0.05) is 6.07 Å². The van der Waals surface area contributed by atoms with Gasteiger partial charge in [-0.05, 0) is 31.5 Å². The van der Waals surface area contributed by atoms with Crippen LogP contribution in [0.4, 0.5) is 4.39 Å². The molecule has 0 spiro atoms. The summed E-state index contributed by atoms with van der Waals surface area (Å²) in [6.07, 6.45) is 2.40. The maximum atomic E-state index is 12.8. The zero-order valence-corrected chi connectivity index (χ0v) is 8.71. The van der Waals surface area contributed by atoms with Crippen molar-refractivity contribution >= 4 is 0 Å². The zero-order chi connectivity index (χ0) is 10.5. The molecule has 2 nitrogen and oxygen atoms in total. The molecule has 1 aromatic rings. The van der Waals surface area contributed by atoms with Crippen molar-refractivity contribution in [3.8, 4) is 5.75 Å². The lowest BCUT2D eigenvalue weighted by Gasteiger charge is -2.22. The molecule has 2 rings (SSSR count). The number of rotatable bonds is 3. The Morgan fingerprint density at radius 2 is 2.40 bits per heavy atom.